The van der Waals surface area contributed by atoms with E-state index in [2.05, 4.69) is 37.3 Å². The molecule has 3 aromatic carbocycles. The SMILES string of the molecule is Cc1ccccc1-c1cc(C(=O)N2CCc3ccccc3C2)c2ccccc2n1. The lowest BCUT2D eigenvalue weighted by atomic mass is 9.97. The molecule has 3 heteroatoms. The molecule has 0 bridgehead atoms. The second kappa shape index (κ2) is 7.17. The van der Waals surface area contributed by atoms with Crippen molar-refractivity contribution in [2.75, 3.05) is 6.54 Å². The van der Waals surface area contributed by atoms with E-state index in [1.807, 2.05) is 53.4 Å². The smallest absolute Gasteiger partial charge is 0.254 e. The van der Waals surface area contributed by atoms with E-state index in [-0.39, 0.29) is 5.91 Å². The van der Waals surface area contributed by atoms with Gasteiger partial charge in [0.1, 0.15) is 0 Å². The average molecular weight is 378 g/mol. The van der Waals surface area contributed by atoms with E-state index >= 15 is 0 Å². The van der Waals surface area contributed by atoms with Gasteiger partial charge in [-0.1, -0.05) is 66.7 Å². The molecule has 0 aliphatic carbocycles. The van der Waals surface area contributed by atoms with Crippen LogP contribution < -0.4 is 0 Å². The summed E-state index contributed by atoms with van der Waals surface area (Å²) in [4.78, 5) is 20.4. The molecule has 0 spiro atoms. The van der Waals surface area contributed by atoms with E-state index in [0.717, 1.165) is 46.3 Å². The second-order valence-corrected chi connectivity index (χ2v) is 7.63. The van der Waals surface area contributed by atoms with Crippen LogP contribution in [0.2, 0.25) is 0 Å². The third kappa shape index (κ3) is 3.19. The Morgan fingerprint density at radius 1 is 0.897 bits per heavy atom. The van der Waals surface area contributed by atoms with Crippen LogP contribution in [0.5, 0.6) is 0 Å². The summed E-state index contributed by atoms with van der Waals surface area (Å²) in [5, 5.41) is 0.911. The van der Waals surface area contributed by atoms with Crippen molar-refractivity contribution < 1.29 is 4.79 Å². The van der Waals surface area contributed by atoms with Crippen LogP contribution in [0, 0.1) is 6.92 Å². The molecule has 1 aliphatic rings. The van der Waals surface area contributed by atoms with Gasteiger partial charge in [-0.15, -0.1) is 0 Å². The van der Waals surface area contributed by atoms with Crippen LogP contribution in [0.15, 0.2) is 78.9 Å². The highest BCUT2D eigenvalue weighted by Crippen LogP contribution is 2.29. The maximum Gasteiger partial charge on any atom is 0.254 e. The first kappa shape index (κ1) is 17.6. The van der Waals surface area contributed by atoms with Gasteiger partial charge < -0.3 is 4.90 Å². The summed E-state index contributed by atoms with van der Waals surface area (Å²) in [6.07, 6.45) is 0.898. The van der Waals surface area contributed by atoms with Crippen molar-refractivity contribution in [3.63, 3.8) is 0 Å². The summed E-state index contributed by atoms with van der Waals surface area (Å²) in [5.74, 6) is 0.0768. The van der Waals surface area contributed by atoms with Crippen LogP contribution in [0.4, 0.5) is 0 Å². The molecule has 142 valence electrons. The molecule has 0 N–H and O–H groups in total. The molecular weight excluding hydrogens is 356 g/mol. The number of carbonyl (C=O) groups is 1. The number of amides is 1. The van der Waals surface area contributed by atoms with Crippen LogP contribution in [-0.4, -0.2) is 22.3 Å². The lowest BCUT2D eigenvalue weighted by molar-refractivity contribution is 0.0736. The Morgan fingerprint density at radius 2 is 1.62 bits per heavy atom. The number of rotatable bonds is 2. The summed E-state index contributed by atoms with van der Waals surface area (Å²) >= 11 is 0. The molecule has 3 nitrogen and oxygen atoms in total. The van der Waals surface area contributed by atoms with Gasteiger partial charge in [0, 0.05) is 24.0 Å². The summed E-state index contributed by atoms with van der Waals surface area (Å²) in [6.45, 7) is 3.48. The van der Waals surface area contributed by atoms with Crippen LogP contribution in [0.3, 0.4) is 0 Å². The molecule has 5 rings (SSSR count). The number of benzene rings is 3. The second-order valence-electron chi connectivity index (χ2n) is 7.63. The van der Waals surface area contributed by atoms with Crippen molar-refractivity contribution in [1.82, 2.24) is 9.88 Å². The molecule has 0 saturated carbocycles. The number of fused-ring (bicyclic) bond motifs is 2. The van der Waals surface area contributed by atoms with Crippen molar-refractivity contribution >= 4 is 16.8 Å². The third-order valence-electron chi connectivity index (χ3n) is 5.79. The highest BCUT2D eigenvalue weighted by Gasteiger charge is 2.24. The van der Waals surface area contributed by atoms with Crippen molar-refractivity contribution in [3.8, 4) is 11.3 Å². The summed E-state index contributed by atoms with van der Waals surface area (Å²) < 4.78 is 0. The van der Waals surface area contributed by atoms with E-state index in [1.165, 1.54) is 11.1 Å². The van der Waals surface area contributed by atoms with E-state index in [0.29, 0.717) is 6.54 Å². The predicted molar refractivity (Wildman–Crippen MR) is 117 cm³/mol. The summed E-state index contributed by atoms with van der Waals surface area (Å²) in [6, 6.07) is 26.5. The lowest BCUT2D eigenvalue weighted by Gasteiger charge is -2.29. The highest BCUT2D eigenvalue weighted by atomic mass is 16.2. The topological polar surface area (TPSA) is 33.2 Å². The number of hydrogen-bond donors (Lipinski definition) is 0. The Hall–Kier alpha value is -3.46. The molecular formula is C26H22N2O. The first-order chi connectivity index (χ1) is 14.2. The maximum atomic E-state index is 13.6. The van der Waals surface area contributed by atoms with Gasteiger partial charge in [0.05, 0.1) is 16.8 Å². The molecule has 0 atom stereocenters. The number of aromatic nitrogens is 1. The minimum absolute atomic E-state index is 0.0768. The lowest BCUT2D eigenvalue weighted by Crippen LogP contribution is -2.36. The number of para-hydroxylation sites is 1. The quantitative estimate of drug-likeness (QED) is 0.467. The largest absolute Gasteiger partial charge is 0.334 e. The molecule has 0 saturated heterocycles. The highest BCUT2D eigenvalue weighted by molar-refractivity contribution is 6.07. The Bertz CT molecular complexity index is 1230. The van der Waals surface area contributed by atoms with Gasteiger partial charge in [0.15, 0.2) is 0 Å². The molecule has 0 fully saturated rings. The van der Waals surface area contributed by atoms with Crippen LogP contribution >= 0.6 is 0 Å². The zero-order valence-electron chi connectivity index (χ0n) is 16.4. The first-order valence-corrected chi connectivity index (χ1v) is 10.0. The molecule has 1 aromatic heterocycles. The van der Waals surface area contributed by atoms with E-state index in [9.17, 15) is 4.79 Å². The van der Waals surface area contributed by atoms with Gasteiger partial charge in [-0.25, -0.2) is 4.98 Å². The molecule has 4 aromatic rings. The van der Waals surface area contributed by atoms with E-state index in [4.69, 9.17) is 4.98 Å². The van der Waals surface area contributed by atoms with Gasteiger partial charge in [-0.2, -0.15) is 0 Å². The van der Waals surface area contributed by atoms with E-state index < -0.39 is 0 Å². The van der Waals surface area contributed by atoms with Crippen molar-refractivity contribution in [1.29, 1.82) is 0 Å². The fourth-order valence-corrected chi connectivity index (χ4v) is 4.19. The zero-order valence-corrected chi connectivity index (χ0v) is 16.4. The minimum atomic E-state index is 0.0768. The van der Waals surface area contributed by atoms with Gasteiger partial charge >= 0.3 is 0 Å². The zero-order chi connectivity index (χ0) is 19.8. The number of aryl methyl sites for hydroxylation is 1. The fraction of sp³-hybridized carbons (Fsp3) is 0.154. The number of carbonyl (C=O) groups excluding carboxylic acids is 1. The predicted octanol–water partition coefficient (Wildman–Crippen LogP) is 5.41. The Kier molecular flexibility index (Phi) is 4.36. The number of nitrogens with zero attached hydrogens (tertiary/aromatic N) is 2. The van der Waals surface area contributed by atoms with Crippen molar-refractivity contribution in [2.45, 2.75) is 19.9 Å². The third-order valence-corrected chi connectivity index (χ3v) is 5.79. The number of pyridine rings is 1. The molecule has 1 aliphatic heterocycles. The summed E-state index contributed by atoms with van der Waals surface area (Å²) in [5.41, 5.74) is 7.24. The Labute approximate surface area is 170 Å². The van der Waals surface area contributed by atoms with Gasteiger partial charge in [-0.3, -0.25) is 4.79 Å². The van der Waals surface area contributed by atoms with Gasteiger partial charge in [0.25, 0.3) is 5.91 Å². The van der Waals surface area contributed by atoms with Crippen LogP contribution in [-0.2, 0) is 13.0 Å². The Balaban J connectivity index is 1.61. The normalized spacial score (nSPS) is 13.3. The summed E-state index contributed by atoms with van der Waals surface area (Å²) in [7, 11) is 0. The van der Waals surface area contributed by atoms with Gasteiger partial charge in [0.2, 0.25) is 0 Å². The number of hydrogen-bond acceptors (Lipinski definition) is 2. The fourth-order valence-electron chi connectivity index (χ4n) is 4.19. The molecule has 0 radical (unpaired) electrons. The first-order valence-electron chi connectivity index (χ1n) is 10.0. The van der Waals surface area contributed by atoms with Crippen LogP contribution in [0.25, 0.3) is 22.2 Å². The maximum absolute atomic E-state index is 13.6. The molecule has 1 amide bonds. The molecule has 2 heterocycles. The monoisotopic (exact) mass is 378 g/mol. The van der Waals surface area contributed by atoms with Crippen molar-refractivity contribution in [2.24, 2.45) is 0 Å². The molecule has 0 unspecified atom stereocenters. The van der Waals surface area contributed by atoms with E-state index in [1.54, 1.807) is 0 Å². The molecule has 29 heavy (non-hydrogen) atoms. The van der Waals surface area contributed by atoms with Crippen LogP contribution in [0.1, 0.15) is 27.0 Å². The average Bonchev–Trinajstić information content (AvgIpc) is 2.78. The minimum Gasteiger partial charge on any atom is -0.334 e. The standard InChI is InChI=1S/C26H22N2O/c1-18-8-2-5-11-21(18)25-16-23(22-12-6-7-13-24(22)27-25)26(29)28-15-14-19-9-3-4-10-20(19)17-28/h2-13,16H,14-15,17H2,1H3. The van der Waals surface area contributed by atoms with Gasteiger partial charge in [-0.05, 0) is 42.2 Å². The van der Waals surface area contributed by atoms with Crippen molar-refractivity contribution in [3.05, 3.63) is 101 Å². The Morgan fingerprint density at radius 3 is 2.48 bits per heavy atom.